The molecular formula is C13H15N3O4S. The number of nitrogens with zero attached hydrogens (tertiary/aromatic N) is 2. The van der Waals surface area contributed by atoms with Crippen LogP contribution in [0.15, 0.2) is 27.9 Å². The zero-order chi connectivity index (χ0) is 14.5. The molecule has 7 nitrogen and oxygen atoms in total. The minimum Gasteiger partial charge on any atom is -0.438 e. The van der Waals surface area contributed by atoms with Gasteiger partial charge in [-0.15, -0.1) is 11.3 Å². The van der Waals surface area contributed by atoms with E-state index in [1.54, 1.807) is 5.51 Å². The van der Waals surface area contributed by atoms with E-state index in [0.717, 1.165) is 5.69 Å². The quantitative estimate of drug-likeness (QED) is 0.894. The molecule has 1 amide bonds. The molecule has 8 heteroatoms. The molecule has 1 aliphatic heterocycles. The number of carbonyl (C=O) groups excluding carboxylic acids is 1. The Balaban J connectivity index is 1.57. The lowest BCUT2D eigenvalue weighted by molar-refractivity contribution is -0.0743. The van der Waals surface area contributed by atoms with Crippen LogP contribution in [0.25, 0.3) is 0 Å². The van der Waals surface area contributed by atoms with E-state index in [9.17, 15) is 4.79 Å². The number of carbonyl (C=O) groups is 1. The Morgan fingerprint density at radius 3 is 3.29 bits per heavy atom. The molecule has 0 saturated carbocycles. The fourth-order valence-electron chi connectivity index (χ4n) is 2.11. The highest BCUT2D eigenvalue weighted by atomic mass is 32.1. The van der Waals surface area contributed by atoms with Crippen molar-refractivity contribution in [3.63, 3.8) is 0 Å². The minimum atomic E-state index is -0.290. The second-order valence-corrected chi connectivity index (χ2v) is 5.36. The van der Waals surface area contributed by atoms with Gasteiger partial charge in [-0.1, -0.05) is 0 Å². The highest BCUT2D eigenvalue weighted by Gasteiger charge is 2.29. The summed E-state index contributed by atoms with van der Waals surface area (Å²) >= 11 is 1.52. The van der Waals surface area contributed by atoms with Crippen molar-refractivity contribution in [3.8, 4) is 0 Å². The summed E-state index contributed by atoms with van der Waals surface area (Å²) in [4.78, 5) is 19.9. The first-order chi connectivity index (χ1) is 10.3. The molecule has 112 valence electrons. The lowest BCUT2D eigenvalue weighted by Crippen LogP contribution is -2.49. The predicted molar refractivity (Wildman–Crippen MR) is 73.9 cm³/mol. The van der Waals surface area contributed by atoms with Gasteiger partial charge in [-0.25, -0.2) is 9.97 Å². The standard InChI is InChI=1S/C13H15N3O4S/c17-13(11-3-14-7-20-11)16-10-1-2-18-5-12(10)19-4-9-6-21-8-15-9/h3,6-8,10,12H,1-2,4-5H2,(H,16,17)/t10-,12-/m1/s1. The number of oxazole rings is 1. The van der Waals surface area contributed by atoms with Gasteiger partial charge in [0, 0.05) is 12.0 Å². The molecule has 1 N–H and O–H groups in total. The minimum absolute atomic E-state index is 0.116. The van der Waals surface area contributed by atoms with Gasteiger partial charge < -0.3 is 19.2 Å². The third kappa shape index (κ3) is 3.66. The van der Waals surface area contributed by atoms with Crippen molar-refractivity contribution in [2.45, 2.75) is 25.2 Å². The van der Waals surface area contributed by atoms with E-state index in [-0.39, 0.29) is 23.8 Å². The van der Waals surface area contributed by atoms with Crippen LogP contribution in [0.1, 0.15) is 22.7 Å². The van der Waals surface area contributed by atoms with Crippen LogP contribution in [0.4, 0.5) is 0 Å². The van der Waals surface area contributed by atoms with Gasteiger partial charge in [0.25, 0.3) is 5.91 Å². The van der Waals surface area contributed by atoms with Crippen LogP contribution in [0.5, 0.6) is 0 Å². The van der Waals surface area contributed by atoms with Gasteiger partial charge in [-0.05, 0) is 6.42 Å². The van der Waals surface area contributed by atoms with Crippen molar-refractivity contribution < 1.29 is 18.7 Å². The monoisotopic (exact) mass is 309 g/mol. The maximum Gasteiger partial charge on any atom is 0.289 e. The smallest absolute Gasteiger partial charge is 0.289 e. The average molecular weight is 309 g/mol. The van der Waals surface area contributed by atoms with Crippen molar-refractivity contribution in [2.75, 3.05) is 13.2 Å². The molecule has 1 saturated heterocycles. The molecule has 21 heavy (non-hydrogen) atoms. The van der Waals surface area contributed by atoms with Gasteiger partial charge in [0.2, 0.25) is 5.76 Å². The van der Waals surface area contributed by atoms with Gasteiger partial charge >= 0.3 is 0 Å². The number of aromatic nitrogens is 2. The third-order valence-electron chi connectivity index (χ3n) is 3.21. The third-order valence-corrected chi connectivity index (χ3v) is 3.84. The largest absolute Gasteiger partial charge is 0.438 e. The summed E-state index contributed by atoms with van der Waals surface area (Å²) < 4.78 is 16.2. The van der Waals surface area contributed by atoms with E-state index >= 15 is 0 Å². The van der Waals surface area contributed by atoms with Crippen LogP contribution >= 0.6 is 11.3 Å². The first kappa shape index (κ1) is 14.2. The zero-order valence-corrected chi connectivity index (χ0v) is 12.0. The van der Waals surface area contributed by atoms with Crippen LogP contribution < -0.4 is 5.32 Å². The second-order valence-electron chi connectivity index (χ2n) is 4.64. The highest BCUT2D eigenvalue weighted by molar-refractivity contribution is 7.07. The van der Waals surface area contributed by atoms with E-state index < -0.39 is 0 Å². The van der Waals surface area contributed by atoms with Crippen molar-refractivity contribution in [1.82, 2.24) is 15.3 Å². The summed E-state index contributed by atoms with van der Waals surface area (Å²) in [5, 5.41) is 4.84. The van der Waals surface area contributed by atoms with E-state index in [2.05, 4.69) is 15.3 Å². The first-order valence-electron chi connectivity index (χ1n) is 6.58. The summed E-state index contributed by atoms with van der Waals surface area (Å²) in [5.74, 6) is -0.0959. The van der Waals surface area contributed by atoms with E-state index in [4.69, 9.17) is 13.9 Å². The van der Waals surface area contributed by atoms with E-state index in [0.29, 0.717) is 26.2 Å². The molecular weight excluding hydrogens is 294 g/mol. The van der Waals surface area contributed by atoms with Crippen molar-refractivity contribution >= 4 is 17.2 Å². The summed E-state index contributed by atoms with van der Waals surface area (Å²) in [5.41, 5.74) is 2.64. The number of thiazole rings is 1. The molecule has 1 fully saturated rings. The molecule has 0 bridgehead atoms. The van der Waals surface area contributed by atoms with Gasteiger partial charge in [0.15, 0.2) is 6.39 Å². The van der Waals surface area contributed by atoms with Crippen molar-refractivity contribution in [1.29, 1.82) is 0 Å². The highest BCUT2D eigenvalue weighted by Crippen LogP contribution is 2.15. The first-order valence-corrected chi connectivity index (χ1v) is 7.53. The van der Waals surface area contributed by atoms with Crippen LogP contribution in [-0.4, -0.2) is 41.2 Å². The van der Waals surface area contributed by atoms with Crippen LogP contribution in [0, 0.1) is 0 Å². The molecule has 0 aliphatic carbocycles. The summed E-state index contributed by atoms with van der Waals surface area (Å²) in [6.45, 7) is 1.45. The fraction of sp³-hybridized carbons (Fsp3) is 0.462. The topological polar surface area (TPSA) is 86.5 Å². The average Bonchev–Trinajstić information content (AvgIpc) is 3.20. The van der Waals surface area contributed by atoms with Crippen LogP contribution in [-0.2, 0) is 16.1 Å². The number of hydrogen-bond donors (Lipinski definition) is 1. The van der Waals surface area contributed by atoms with Crippen molar-refractivity contribution in [3.05, 3.63) is 34.9 Å². The van der Waals surface area contributed by atoms with E-state index in [1.165, 1.54) is 23.9 Å². The fourth-order valence-corrected chi connectivity index (χ4v) is 2.65. The molecule has 3 heterocycles. The van der Waals surface area contributed by atoms with Crippen LogP contribution in [0.3, 0.4) is 0 Å². The summed E-state index contributed by atoms with van der Waals surface area (Å²) in [6, 6.07) is -0.116. The Kier molecular flexibility index (Phi) is 4.59. The number of hydrogen-bond acceptors (Lipinski definition) is 7. The van der Waals surface area contributed by atoms with E-state index in [1.807, 2.05) is 5.38 Å². The second kappa shape index (κ2) is 6.79. The molecule has 3 rings (SSSR count). The zero-order valence-electron chi connectivity index (χ0n) is 11.2. The van der Waals surface area contributed by atoms with Gasteiger partial charge in [-0.2, -0.15) is 0 Å². The molecule has 2 atom stereocenters. The molecule has 0 aromatic carbocycles. The summed E-state index contributed by atoms with van der Waals surface area (Å²) in [6.07, 6.45) is 3.11. The Labute approximate surface area is 125 Å². The molecule has 1 aliphatic rings. The van der Waals surface area contributed by atoms with Gasteiger partial charge in [0.05, 0.1) is 36.7 Å². The molecule has 0 spiro atoms. The molecule has 2 aromatic rings. The lowest BCUT2D eigenvalue weighted by atomic mass is 10.1. The summed E-state index contributed by atoms with van der Waals surface area (Å²) in [7, 11) is 0. The molecule has 0 unspecified atom stereocenters. The maximum atomic E-state index is 12.0. The molecule has 2 aromatic heterocycles. The number of amides is 1. The number of rotatable bonds is 5. The Morgan fingerprint density at radius 2 is 2.52 bits per heavy atom. The SMILES string of the molecule is O=C(N[C@@H]1CCOC[C@H]1OCc1cscn1)c1cnco1. The van der Waals surface area contributed by atoms with Crippen molar-refractivity contribution in [2.24, 2.45) is 0 Å². The maximum absolute atomic E-state index is 12.0. The van der Waals surface area contributed by atoms with Crippen LogP contribution in [0.2, 0.25) is 0 Å². The Hall–Kier alpha value is -1.77. The lowest BCUT2D eigenvalue weighted by Gasteiger charge is -2.31. The number of ether oxygens (including phenoxy) is 2. The predicted octanol–water partition coefficient (Wildman–Crippen LogP) is 1.24. The van der Waals surface area contributed by atoms with Gasteiger partial charge in [-0.3, -0.25) is 4.79 Å². The Morgan fingerprint density at radius 1 is 1.57 bits per heavy atom. The molecule has 0 radical (unpaired) electrons. The Bertz CT molecular complexity index is 558. The normalized spacial score (nSPS) is 22.1. The van der Waals surface area contributed by atoms with Gasteiger partial charge in [0.1, 0.15) is 6.10 Å². The number of nitrogens with one attached hydrogen (secondary N) is 1.